The van der Waals surface area contributed by atoms with E-state index in [1.165, 1.54) is 12.1 Å². The van der Waals surface area contributed by atoms with Crippen molar-refractivity contribution in [3.8, 4) is 0 Å². The monoisotopic (exact) mass is 222 g/mol. The van der Waals surface area contributed by atoms with Gasteiger partial charge in [0.2, 0.25) is 5.76 Å². The molecule has 2 rings (SSSR count). The topological polar surface area (TPSA) is 65.7 Å². The Labute approximate surface area is 93.0 Å². The van der Waals surface area contributed by atoms with Gasteiger partial charge in [0, 0.05) is 13.0 Å². The maximum Gasteiger partial charge on any atom is 0.509 e. The first-order valence-electron chi connectivity index (χ1n) is 5.15. The quantitative estimate of drug-likeness (QED) is 0.614. The molecule has 2 bridgehead atoms. The third-order valence-corrected chi connectivity index (χ3v) is 2.30. The summed E-state index contributed by atoms with van der Waals surface area (Å²) >= 11 is 0. The van der Waals surface area contributed by atoms with Gasteiger partial charge >= 0.3 is 13.7 Å². The van der Waals surface area contributed by atoms with Crippen molar-refractivity contribution < 1.29 is 23.3 Å². The molecule has 0 N–H and O–H groups in total. The smallest absolute Gasteiger partial charge is 0.506 e. The molecule has 0 aliphatic carbocycles. The Morgan fingerprint density at radius 3 is 2.81 bits per heavy atom. The van der Waals surface area contributed by atoms with Crippen LogP contribution in [-0.2, 0) is 9.31 Å². The van der Waals surface area contributed by atoms with Crippen LogP contribution in [0.15, 0.2) is 16.5 Å². The first-order valence-corrected chi connectivity index (χ1v) is 5.15. The minimum Gasteiger partial charge on any atom is -0.506 e. The molecule has 1 aliphatic heterocycles. The predicted molar refractivity (Wildman–Crippen MR) is 55.4 cm³/mol. The average Bonchev–Trinajstić information content (AvgIpc) is 2.75. The predicted octanol–water partition coefficient (Wildman–Crippen LogP) is 1.09. The summed E-state index contributed by atoms with van der Waals surface area (Å²) in [5.74, 6) is -0.458. The third-order valence-electron chi connectivity index (χ3n) is 2.30. The zero-order chi connectivity index (χ0) is 11.4. The van der Waals surface area contributed by atoms with E-state index in [1.807, 2.05) is 0 Å². The fourth-order valence-corrected chi connectivity index (χ4v) is 1.44. The van der Waals surface area contributed by atoms with E-state index >= 15 is 0 Å². The number of rotatable bonds is 0. The van der Waals surface area contributed by atoms with Gasteiger partial charge in [0.25, 0.3) is 0 Å². The number of carbonyl (C=O) groups is 2. The highest BCUT2D eigenvalue weighted by molar-refractivity contribution is 6.23. The van der Waals surface area contributed by atoms with Crippen LogP contribution in [0.2, 0.25) is 0 Å². The van der Waals surface area contributed by atoms with Crippen molar-refractivity contribution >= 4 is 19.4 Å². The van der Waals surface area contributed by atoms with E-state index in [0.717, 1.165) is 12.8 Å². The highest BCUT2D eigenvalue weighted by atomic mass is 16.6. The summed E-state index contributed by atoms with van der Waals surface area (Å²) in [4.78, 5) is 22.9. The second kappa shape index (κ2) is 4.98. The van der Waals surface area contributed by atoms with Gasteiger partial charge < -0.3 is 13.7 Å². The second-order valence-corrected chi connectivity index (χ2v) is 3.50. The standard InChI is InChI=1S/C10H11BO5/c12-7-3-1-2-6-14-11-16-10(13)9-5-4-8(7)15-9/h4-5,11H,1-3,6H2. The molecule has 1 aliphatic rings. The highest BCUT2D eigenvalue weighted by Gasteiger charge is 2.17. The molecule has 0 aromatic carbocycles. The van der Waals surface area contributed by atoms with E-state index in [1.54, 1.807) is 0 Å². The number of carbonyl (C=O) groups excluding carboxylic acids is 2. The maximum absolute atomic E-state index is 11.6. The molecule has 0 amide bonds. The van der Waals surface area contributed by atoms with Crippen molar-refractivity contribution in [2.24, 2.45) is 0 Å². The Morgan fingerprint density at radius 2 is 1.94 bits per heavy atom. The molecule has 16 heavy (non-hydrogen) atoms. The Balaban J connectivity index is 2.16. The molecular formula is C10H11BO5. The van der Waals surface area contributed by atoms with E-state index in [2.05, 4.69) is 0 Å². The van der Waals surface area contributed by atoms with Gasteiger partial charge in [0.05, 0.1) is 0 Å². The van der Waals surface area contributed by atoms with Crippen molar-refractivity contribution in [2.75, 3.05) is 6.61 Å². The molecule has 0 saturated heterocycles. The highest BCUT2D eigenvalue weighted by Crippen LogP contribution is 2.13. The van der Waals surface area contributed by atoms with E-state index < -0.39 is 5.97 Å². The van der Waals surface area contributed by atoms with Gasteiger partial charge in [-0.25, -0.2) is 4.79 Å². The molecule has 0 saturated carbocycles. The van der Waals surface area contributed by atoms with Crippen molar-refractivity contribution in [1.29, 1.82) is 0 Å². The van der Waals surface area contributed by atoms with Gasteiger partial charge in [-0.2, -0.15) is 0 Å². The van der Waals surface area contributed by atoms with Crippen molar-refractivity contribution in [3.63, 3.8) is 0 Å². The van der Waals surface area contributed by atoms with Crippen LogP contribution in [-0.4, -0.2) is 26.0 Å². The number of hydrogen-bond donors (Lipinski definition) is 0. The fourth-order valence-electron chi connectivity index (χ4n) is 1.44. The van der Waals surface area contributed by atoms with Crippen LogP contribution < -0.4 is 0 Å². The van der Waals surface area contributed by atoms with E-state index in [-0.39, 0.29) is 25.0 Å². The summed E-state index contributed by atoms with van der Waals surface area (Å²) in [6.07, 6.45) is 1.91. The molecule has 5 nitrogen and oxygen atoms in total. The normalized spacial score (nSPS) is 18.0. The molecule has 2 heterocycles. The number of Topliss-reactive ketones (excluding diaryl/α,β-unsaturated/α-hetero) is 1. The summed E-state index contributed by atoms with van der Waals surface area (Å²) in [7, 11) is -0.0805. The van der Waals surface area contributed by atoms with E-state index in [9.17, 15) is 9.59 Å². The number of hydrogen-bond acceptors (Lipinski definition) is 5. The van der Waals surface area contributed by atoms with Crippen molar-refractivity contribution in [2.45, 2.75) is 19.3 Å². The number of ketones is 1. The van der Waals surface area contributed by atoms with E-state index in [4.69, 9.17) is 13.7 Å². The second-order valence-electron chi connectivity index (χ2n) is 3.50. The molecule has 1 aromatic rings. The Bertz CT molecular complexity index is 363. The summed E-state index contributed by atoms with van der Waals surface area (Å²) in [5.41, 5.74) is 0. The summed E-state index contributed by atoms with van der Waals surface area (Å²) in [6, 6.07) is 2.94. The maximum atomic E-state index is 11.6. The lowest BCUT2D eigenvalue weighted by molar-refractivity contribution is 0.0661. The van der Waals surface area contributed by atoms with Crippen molar-refractivity contribution in [1.82, 2.24) is 0 Å². The Hall–Kier alpha value is -1.56. The van der Waals surface area contributed by atoms with Crippen LogP contribution in [0.1, 0.15) is 40.4 Å². The molecule has 0 fully saturated rings. The first kappa shape index (κ1) is 10.9. The molecular weight excluding hydrogens is 211 g/mol. The lowest BCUT2D eigenvalue weighted by Gasteiger charge is -2.04. The molecule has 84 valence electrons. The van der Waals surface area contributed by atoms with Crippen LogP contribution in [0.25, 0.3) is 0 Å². The van der Waals surface area contributed by atoms with Gasteiger partial charge in [-0.3, -0.25) is 4.79 Å². The van der Waals surface area contributed by atoms with Crippen LogP contribution in [0.3, 0.4) is 0 Å². The van der Waals surface area contributed by atoms with Gasteiger partial charge in [0.15, 0.2) is 11.5 Å². The van der Waals surface area contributed by atoms with Gasteiger partial charge in [0.1, 0.15) is 0 Å². The lowest BCUT2D eigenvalue weighted by Crippen LogP contribution is -2.13. The SMILES string of the molecule is O=C1CCCCOBOC(=O)c2ccc1o2. The molecule has 0 atom stereocenters. The first-order chi connectivity index (χ1) is 7.77. The summed E-state index contributed by atoms with van der Waals surface area (Å²) in [5, 5.41) is 0. The summed E-state index contributed by atoms with van der Waals surface area (Å²) < 4.78 is 14.9. The minimum absolute atomic E-state index is 0.0347. The van der Waals surface area contributed by atoms with Crippen molar-refractivity contribution in [3.05, 3.63) is 23.7 Å². The Kier molecular flexibility index (Phi) is 3.41. The van der Waals surface area contributed by atoms with Gasteiger partial charge in [-0.05, 0) is 25.0 Å². The third kappa shape index (κ3) is 2.52. The lowest BCUT2D eigenvalue weighted by atomic mass is 10.1. The van der Waals surface area contributed by atoms with Crippen LogP contribution in [0, 0.1) is 0 Å². The largest absolute Gasteiger partial charge is 0.509 e. The minimum atomic E-state index is -0.611. The molecule has 0 spiro atoms. The van der Waals surface area contributed by atoms with Crippen LogP contribution in [0.5, 0.6) is 0 Å². The van der Waals surface area contributed by atoms with E-state index in [0.29, 0.717) is 13.0 Å². The molecule has 1 aromatic heterocycles. The fraction of sp³-hybridized carbons (Fsp3) is 0.400. The zero-order valence-electron chi connectivity index (χ0n) is 8.73. The average molecular weight is 222 g/mol. The number of fused-ring (bicyclic) bond motifs is 2. The molecule has 0 radical (unpaired) electrons. The Morgan fingerprint density at radius 1 is 1.12 bits per heavy atom. The molecule has 6 heteroatoms. The summed E-state index contributed by atoms with van der Waals surface area (Å²) in [6.45, 7) is 0.486. The van der Waals surface area contributed by atoms with Gasteiger partial charge in [-0.15, -0.1) is 0 Å². The number of furan rings is 1. The van der Waals surface area contributed by atoms with Crippen LogP contribution >= 0.6 is 0 Å². The molecule has 0 unspecified atom stereocenters. The van der Waals surface area contributed by atoms with Gasteiger partial charge in [-0.1, -0.05) is 0 Å². The van der Waals surface area contributed by atoms with Crippen LogP contribution in [0.4, 0.5) is 0 Å². The zero-order valence-corrected chi connectivity index (χ0v) is 8.73.